The Balaban J connectivity index is 0.797. The molecule has 278 valence electrons. The molecule has 0 bridgehead atoms. The highest BCUT2D eigenvalue weighted by Gasteiger charge is 2.51. The van der Waals surface area contributed by atoms with Crippen molar-refractivity contribution < 1.29 is 28.7 Å². The van der Waals surface area contributed by atoms with Crippen LogP contribution in [0, 0.1) is 16.7 Å². The summed E-state index contributed by atoms with van der Waals surface area (Å²) in [6.45, 7) is 9.25. The molecule has 4 fully saturated rings. The highest BCUT2D eigenvalue weighted by atomic mass is 35.5. The van der Waals surface area contributed by atoms with Crippen molar-refractivity contribution in [3.8, 4) is 11.8 Å². The first-order valence-corrected chi connectivity index (χ1v) is 18.7. The first-order chi connectivity index (χ1) is 25.9. The number of carbonyl (C=O) groups is 5. The topological polar surface area (TPSA) is 155 Å². The van der Waals surface area contributed by atoms with Crippen LogP contribution >= 0.6 is 11.6 Å². The number of benzene rings is 3. The molecule has 0 aromatic heterocycles. The number of ether oxygens (including phenoxy) is 1. The lowest BCUT2D eigenvalue weighted by Gasteiger charge is -2.51. The van der Waals surface area contributed by atoms with Crippen molar-refractivity contribution in [2.75, 3.05) is 49.1 Å². The van der Waals surface area contributed by atoms with E-state index in [9.17, 15) is 24.0 Å². The van der Waals surface area contributed by atoms with Crippen LogP contribution < -0.4 is 25.2 Å². The molecule has 3 aromatic carbocycles. The van der Waals surface area contributed by atoms with Gasteiger partial charge in [0.15, 0.2) is 0 Å². The molecule has 54 heavy (non-hydrogen) atoms. The van der Waals surface area contributed by atoms with E-state index < -0.39 is 29.7 Å². The minimum absolute atomic E-state index is 0.0521. The van der Waals surface area contributed by atoms with Gasteiger partial charge in [0.05, 0.1) is 21.7 Å². The Morgan fingerprint density at radius 3 is 2.28 bits per heavy atom. The lowest BCUT2D eigenvalue weighted by atomic mass is 9.64. The molecular formula is C40H40ClN7O6. The maximum Gasteiger partial charge on any atom is 0.262 e. The summed E-state index contributed by atoms with van der Waals surface area (Å²) in [6, 6.07) is 19.4. The zero-order valence-electron chi connectivity index (χ0n) is 30.0. The Hall–Kier alpha value is -5.45. The van der Waals surface area contributed by atoms with Crippen LogP contribution in [0.2, 0.25) is 5.02 Å². The number of imide groups is 2. The number of piperazine rings is 1. The number of hydrogen-bond donors (Lipinski definition) is 2. The van der Waals surface area contributed by atoms with Gasteiger partial charge in [-0.25, -0.2) is 0 Å². The number of fused-ring (bicyclic) bond motifs is 1. The number of halogens is 1. The molecular weight excluding hydrogens is 710 g/mol. The van der Waals surface area contributed by atoms with Crippen LogP contribution in [0.25, 0.3) is 0 Å². The van der Waals surface area contributed by atoms with Crippen LogP contribution in [0.5, 0.6) is 5.75 Å². The van der Waals surface area contributed by atoms with Crippen LogP contribution in [-0.4, -0.2) is 103 Å². The first kappa shape index (κ1) is 35.6. The van der Waals surface area contributed by atoms with Gasteiger partial charge in [-0.15, -0.1) is 0 Å². The standard InChI is InChI=1S/C40H40ClN7O6/c1-40(2)33(19-34(40)54-28-9-5-24(20-42)31(41)18-28)43-36(50)23-3-6-25(7-4-23)45-13-15-46(16-14-45)27-21-47(22-27)26-8-10-29-30(17-26)39(53)48(38(29)52)32-11-12-35(49)44-37(32)51/h3-10,17-18,27,32-34H,11-16,19,21-22H2,1-2H3,(H,43,50)(H,44,49,51)/t32?,33-,34-/m0/s1. The quantitative estimate of drug-likeness (QED) is 0.327. The summed E-state index contributed by atoms with van der Waals surface area (Å²) in [6.07, 6.45) is 0.773. The van der Waals surface area contributed by atoms with E-state index in [1.54, 1.807) is 30.3 Å². The van der Waals surface area contributed by atoms with Crippen LogP contribution in [-0.2, 0) is 9.59 Å². The van der Waals surface area contributed by atoms with E-state index in [2.05, 4.69) is 39.2 Å². The van der Waals surface area contributed by atoms with Gasteiger partial charge in [0.1, 0.15) is 24.0 Å². The Kier molecular flexibility index (Phi) is 9.06. The molecule has 1 aliphatic carbocycles. The molecule has 3 saturated heterocycles. The third-order valence-electron chi connectivity index (χ3n) is 11.8. The van der Waals surface area contributed by atoms with E-state index in [1.165, 1.54) is 0 Å². The molecule has 5 aliphatic rings. The van der Waals surface area contributed by atoms with Gasteiger partial charge in [-0.3, -0.25) is 39.1 Å². The van der Waals surface area contributed by atoms with Crippen molar-refractivity contribution in [2.24, 2.45) is 5.41 Å². The molecule has 3 atom stereocenters. The van der Waals surface area contributed by atoms with Crippen LogP contribution in [0.1, 0.15) is 69.7 Å². The van der Waals surface area contributed by atoms with E-state index >= 15 is 0 Å². The summed E-state index contributed by atoms with van der Waals surface area (Å²) < 4.78 is 6.16. The minimum atomic E-state index is -0.980. The van der Waals surface area contributed by atoms with Gasteiger partial charge in [0, 0.05) is 92.6 Å². The second-order valence-corrected chi connectivity index (χ2v) is 15.7. The van der Waals surface area contributed by atoms with Crippen molar-refractivity contribution in [1.29, 1.82) is 5.26 Å². The predicted octanol–water partition coefficient (Wildman–Crippen LogP) is 3.60. The monoisotopic (exact) mass is 749 g/mol. The van der Waals surface area contributed by atoms with Crippen molar-refractivity contribution in [3.63, 3.8) is 0 Å². The minimum Gasteiger partial charge on any atom is -0.490 e. The fraction of sp³-hybridized carbons (Fsp3) is 0.400. The second kappa shape index (κ2) is 13.8. The number of piperidine rings is 1. The summed E-state index contributed by atoms with van der Waals surface area (Å²) in [4.78, 5) is 71.5. The lowest BCUT2D eigenvalue weighted by Crippen LogP contribution is -2.63. The Morgan fingerprint density at radius 1 is 0.907 bits per heavy atom. The van der Waals surface area contributed by atoms with Crippen LogP contribution in [0.15, 0.2) is 60.7 Å². The summed E-state index contributed by atoms with van der Waals surface area (Å²) in [5.41, 5.74) is 3.22. The van der Waals surface area contributed by atoms with E-state index in [0.717, 1.165) is 55.5 Å². The van der Waals surface area contributed by atoms with Crippen molar-refractivity contribution >= 4 is 52.5 Å². The fourth-order valence-electron chi connectivity index (χ4n) is 8.12. The maximum atomic E-state index is 13.3. The van der Waals surface area contributed by atoms with Gasteiger partial charge in [0.25, 0.3) is 17.7 Å². The van der Waals surface area contributed by atoms with Crippen molar-refractivity contribution in [3.05, 3.63) is 87.9 Å². The molecule has 4 heterocycles. The molecule has 1 saturated carbocycles. The van der Waals surface area contributed by atoms with E-state index in [0.29, 0.717) is 39.9 Å². The van der Waals surface area contributed by atoms with Gasteiger partial charge in [-0.1, -0.05) is 25.4 Å². The smallest absolute Gasteiger partial charge is 0.262 e. The van der Waals surface area contributed by atoms with E-state index in [4.69, 9.17) is 21.6 Å². The summed E-state index contributed by atoms with van der Waals surface area (Å²) >= 11 is 6.17. The van der Waals surface area contributed by atoms with Gasteiger partial charge < -0.3 is 19.9 Å². The molecule has 13 nitrogen and oxygen atoms in total. The number of amides is 5. The molecule has 0 spiro atoms. The van der Waals surface area contributed by atoms with Gasteiger partial charge in [-0.05, 0) is 61.0 Å². The SMILES string of the molecule is CC1(C)[C@@H](NC(=O)c2ccc(N3CCN(C4CN(c5ccc6c(c5)C(=O)N(C5CCC(=O)NC5=O)C6=O)C4)CC3)cc2)C[C@@H]1Oc1ccc(C#N)c(Cl)c1. The largest absolute Gasteiger partial charge is 0.490 e. The number of nitrogens with zero attached hydrogens (tertiary/aromatic N) is 5. The summed E-state index contributed by atoms with van der Waals surface area (Å²) in [7, 11) is 0. The number of nitrogens with one attached hydrogen (secondary N) is 2. The molecule has 5 amide bonds. The lowest BCUT2D eigenvalue weighted by molar-refractivity contribution is -0.136. The van der Waals surface area contributed by atoms with Crippen molar-refractivity contribution in [2.45, 2.75) is 57.3 Å². The number of rotatable bonds is 8. The van der Waals surface area contributed by atoms with Crippen LogP contribution in [0.4, 0.5) is 11.4 Å². The average molecular weight is 750 g/mol. The zero-order chi connectivity index (χ0) is 37.9. The third kappa shape index (κ3) is 6.33. The van der Waals surface area contributed by atoms with Gasteiger partial charge >= 0.3 is 0 Å². The molecule has 4 aliphatic heterocycles. The molecule has 0 radical (unpaired) electrons. The third-order valence-corrected chi connectivity index (χ3v) is 12.1. The molecule has 1 unspecified atom stereocenters. The first-order valence-electron chi connectivity index (χ1n) is 18.3. The highest BCUT2D eigenvalue weighted by Crippen LogP contribution is 2.43. The fourth-order valence-corrected chi connectivity index (χ4v) is 8.33. The Bertz CT molecular complexity index is 2100. The summed E-state index contributed by atoms with van der Waals surface area (Å²) in [5.74, 6) is -1.53. The molecule has 3 aromatic rings. The van der Waals surface area contributed by atoms with Gasteiger partial charge in [-0.2, -0.15) is 5.26 Å². The van der Waals surface area contributed by atoms with Gasteiger partial charge in [0.2, 0.25) is 11.8 Å². The zero-order valence-corrected chi connectivity index (χ0v) is 30.8. The van der Waals surface area contributed by atoms with E-state index in [-0.39, 0.29) is 41.9 Å². The normalized spacial score (nSPS) is 24.0. The average Bonchev–Trinajstić information content (AvgIpc) is 3.39. The van der Waals surface area contributed by atoms with Crippen molar-refractivity contribution in [1.82, 2.24) is 20.4 Å². The molecule has 2 N–H and O–H groups in total. The Labute approximate surface area is 317 Å². The number of nitriles is 1. The molecule has 14 heteroatoms. The predicted molar refractivity (Wildman–Crippen MR) is 200 cm³/mol. The maximum absolute atomic E-state index is 13.3. The number of anilines is 2. The second-order valence-electron chi connectivity index (χ2n) is 15.2. The summed E-state index contributed by atoms with van der Waals surface area (Å²) in [5, 5.41) is 14.9. The van der Waals surface area contributed by atoms with Crippen LogP contribution in [0.3, 0.4) is 0 Å². The highest BCUT2D eigenvalue weighted by molar-refractivity contribution is 6.31. The van der Waals surface area contributed by atoms with E-state index in [1.807, 2.05) is 36.4 Å². The number of hydrogen-bond acceptors (Lipinski definition) is 10. The number of carbonyl (C=O) groups excluding carboxylic acids is 5. The Morgan fingerprint density at radius 2 is 1.61 bits per heavy atom. The molecule has 8 rings (SSSR count).